The number of amides is 2. The molecule has 2 amide bonds. The van der Waals surface area contributed by atoms with Gasteiger partial charge in [-0.1, -0.05) is 84.9 Å². The molecular formula is C39H44N4O3. The fraction of sp³-hybridized carbons (Fsp3) is 0.333. The van der Waals surface area contributed by atoms with Crippen LogP contribution in [0.5, 0.6) is 0 Å². The van der Waals surface area contributed by atoms with Crippen molar-refractivity contribution in [2.24, 2.45) is 5.73 Å². The standard InChI is InChI=1S/C39H44N4O3/c40-34-15-17-35(18-16-34)43(39(45)26-30-10-5-2-6-11-30)28-31-12-7-13-32(24-31)33-14-19-37(42-20-22-46-23-21-42)36(27-33)41-38(44)25-29-8-3-1-4-9-29/h1-14,19,24,27,34-35H,15-18,20-23,25-26,28,40H2,(H,41,44). The highest BCUT2D eigenvalue weighted by Crippen LogP contribution is 2.33. The third-order valence-electron chi connectivity index (χ3n) is 9.14. The van der Waals surface area contributed by atoms with E-state index in [-0.39, 0.29) is 23.9 Å². The van der Waals surface area contributed by atoms with Gasteiger partial charge in [-0.25, -0.2) is 0 Å². The molecule has 2 aliphatic rings. The van der Waals surface area contributed by atoms with E-state index in [1.54, 1.807) is 0 Å². The first-order chi connectivity index (χ1) is 22.5. The Balaban J connectivity index is 1.25. The average molecular weight is 617 g/mol. The molecule has 4 aromatic carbocycles. The zero-order valence-electron chi connectivity index (χ0n) is 26.4. The molecule has 1 aliphatic heterocycles. The van der Waals surface area contributed by atoms with Crippen LogP contribution in [0.4, 0.5) is 11.4 Å². The van der Waals surface area contributed by atoms with Crippen molar-refractivity contribution in [1.82, 2.24) is 4.90 Å². The monoisotopic (exact) mass is 616 g/mol. The molecule has 4 aromatic rings. The number of hydrogen-bond donors (Lipinski definition) is 2. The number of nitrogens with two attached hydrogens (primary N) is 1. The van der Waals surface area contributed by atoms with Crippen LogP contribution in [0.1, 0.15) is 42.4 Å². The molecule has 0 spiro atoms. The molecule has 0 radical (unpaired) electrons. The third kappa shape index (κ3) is 8.22. The first-order valence-electron chi connectivity index (χ1n) is 16.5. The van der Waals surface area contributed by atoms with E-state index in [1.807, 2.05) is 60.7 Å². The smallest absolute Gasteiger partial charge is 0.228 e. The molecule has 3 N–H and O–H groups in total. The van der Waals surface area contributed by atoms with Crippen LogP contribution in [0.15, 0.2) is 103 Å². The van der Waals surface area contributed by atoms with Gasteiger partial charge >= 0.3 is 0 Å². The minimum Gasteiger partial charge on any atom is -0.378 e. The summed E-state index contributed by atoms with van der Waals surface area (Å²) in [5.74, 6) is 0.0988. The molecule has 238 valence electrons. The van der Waals surface area contributed by atoms with E-state index >= 15 is 0 Å². The number of benzene rings is 4. The van der Waals surface area contributed by atoms with Gasteiger partial charge in [0.1, 0.15) is 0 Å². The molecule has 0 atom stereocenters. The van der Waals surface area contributed by atoms with Gasteiger partial charge in [-0.2, -0.15) is 0 Å². The molecule has 2 fully saturated rings. The zero-order valence-corrected chi connectivity index (χ0v) is 26.4. The van der Waals surface area contributed by atoms with Crippen LogP contribution >= 0.6 is 0 Å². The van der Waals surface area contributed by atoms with E-state index in [2.05, 4.69) is 57.6 Å². The van der Waals surface area contributed by atoms with Crippen molar-refractivity contribution in [3.05, 3.63) is 120 Å². The number of nitrogens with zero attached hydrogens (tertiary/aromatic N) is 2. The summed E-state index contributed by atoms with van der Waals surface area (Å²) in [5, 5.41) is 3.21. The maximum atomic E-state index is 13.8. The second kappa shape index (κ2) is 15.2. The van der Waals surface area contributed by atoms with Gasteiger partial charge in [0.2, 0.25) is 11.8 Å². The Hall–Kier alpha value is -4.46. The fourth-order valence-electron chi connectivity index (χ4n) is 6.62. The van der Waals surface area contributed by atoms with Crippen LogP contribution in [0.25, 0.3) is 11.1 Å². The predicted molar refractivity (Wildman–Crippen MR) is 185 cm³/mol. The van der Waals surface area contributed by atoms with Crippen LogP contribution < -0.4 is 16.0 Å². The Kier molecular flexibility index (Phi) is 10.4. The van der Waals surface area contributed by atoms with Gasteiger partial charge < -0.3 is 25.6 Å². The van der Waals surface area contributed by atoms with Crippen molar-refractivity contribution < 1.29 is 14.3 Å². The number of hydrogen-bond acceptors (Lipinski definition) is 5. The molecule has 7 nitrogen and oxygen atoms in total. The summed E-state index contributed by atoms with van der Waals surface area (Å²) >= 11 is 0. The number of carbonyl (C=O) groups excluding carboxylic acids is 2. The van der Waals surface area contributed by atoms with Crippen molar-refractivity contribution in [3.63, 3.8) is 0 Å². The van der Waals surface area contributed by atoms with E-state index in [0.29, 0.717) is 32.6 Å². The summed E-state index contributed by atoms with van der Waals surface area (Å²) in [6, 6.07) is 34.9. The van der Waals surface area contributed by atoms with Crippen molar-refractivity contribution in [2.45, 2.75) is 57.2 Å². The molecule has 6 rings (SSSR count). The van der Waals surface area contributed by atoms with E-state index in [0.717, 1.165) is 78.0 Å². The van der Waals surface area contributed by atoms with Gasteiger partial charge in [0.25, 0.3) is 0 Å². The van der Waals surface area contributed by atoms with E-state index in [4.69, 9.17) is 10.5 Å². The maximum absolute atomic E-state index is 13.8. The first-order valence-corrected chi connectivity index (χ1v) is 16.5. The second-order valence-corrected chi connectivity index (χ2v) is 12.5. The summed E-state index contributed by atoms with van der Waals surface area (Å²) in [7, 11) is 0. The molecule has 7 heteroatoms. The number of ether oxygens (including phenoxy) is 1. The quantitative estimate of drug-likeness (QED) is 0.221. The Labute approximate surface area is 272 Å². The molecule has 1 heterocycles. The van der Waals surface area contributed by atoms with E-state index in [9.17, 15) is 9.59 Å². The topological polar surface area (TPSA) is 87.9 Å². The molecule has 0 bridgehead atoms. The Morgan fingerprint density at radius 3 is 2.07 bits per heavy atom. The lowest BCUT2D eigenvalue weighted by atomic mass is 9.90. The largest absolute Gasteiger partial charge is 0.378 e. The molecule has 0 unspecified atom stereocenters. The predicted octanol–water partition coefficient (Wildman–Crippen LogP) is 6.21. The number of rotatable bonds is 10. The van der Waals surface area contributed by atoms with E-state index < -0.39 is 0 Å². The average Bonchev–Trinajstić information content (AvgIpc) is 3.09. The van der Waals surface area contributed by atoms with Crippen molar-refractivity contribution in [3.8, 4) is 11.1 Å². The highest BCUT2D eigenvalue weighted by atomic mass is 16.5. The van der Waals surface area contributed by atoms with Crippen LogP contribution in [0.2, 0.25) is 0 Å². The number of morpholine rings is 1. The summed E-state index contributed by atoms with van der Waals surface area (Å²) < 4.78 is 5.59. The van der Waals surface area contributed by atoms with Gasteiger partial charge in [0, 0.05) is 31.7 Å². The normalized spacial score (nSPS) is 18.2. The number of anilines is 2. The summed E-state index contributed by atoms with van der Waals surface area (Å²) in [4.78, 5) is 31.3. The lowest BCUT2D eigenvalue weighted by Crippen LogP contribution is -2.44. The molecule has 0 aromatic heterocycles. The van der Waals surface area contributed by atoms with E-state index in [1.165, 1.54) is 0 Å². The van der Waals surface area contributed by atoms with Gasteiger partial charge in [-0.05, 0) is 71.7 Å². The van der Waals surface area contributed by atoms with Gasteiger partial charge in [-0.3, -0.25) is 9.59 Å². The minimum absolute atomic E-state index is 0.0496. The minimum atomic E-state index is -0.0496. The Bertz CT molecular complexity index is 1600. The van der Waals surface area contributed by atoms with Crippen LogP contribution in [0, 0.1) is 0 Å². The molecule has 1 aliphatic carbocycles. The van der Waals surface area contributed by atoms with Crippen LogP contribution in [-0.4, -0.2) is 55.1 Å². The SMILES string of the molecule is NC1CCC(N(Cc2cccc(-c3ccc(N4CCOCC4)c(NC(=O)Cc4ccccc4)c3)c2)C(=O)Cc2ccccc2)CC1. The number of nitrogens with one attached hydrogen (secondary N) is 1. The molecular weight excluding hydrogens is 572 g/mol. The summed E-state index contributed by atoms with van der Waals surface area (Å²) in [5.41, 5.74) is 13.2. The highest BCUT2D eigenvalue weighted by Gasteiger charge is 2.28. The summed E-state index contributed by atoms with van der Waals surface area (Å²) in [6.07, 6.45) is 4.43. The highest BCUT2D eigenvalue weighted by molar-refractivity contribution is 5.96. The fourth-order valence-corrected chi connectivity index (χ4v) is 6.62. The number of carbonyl (C=O) groups is 2. The molecule has 1 saturated carbocycles. The first kappa shape index (κ1) is 31.5. The Morgan fingerprint density at radius 1 is 0.739 bits per heavy atom. The lowest BCUT2D eigenvalue weighted by molar-refractivity contribution is -0.134. The lowest BCUT2D eigenvalue weighted by Gasteiger charge is -2.36. The van der Waals surface area contributed by atoms with Crippen molar-refractivity contribution in [1.29, 1.82) is 0 Å². The van der Waals surface area contributed by atoms with Crippen molar-refractivity contribution in [2.75, 3.05) is 36.5 Å². The Morgan fingerprint density at radius 2 is 1.37 bits per heavy atom. The van der Waals surface area contributed by atoms with Gasteiger partial charge in [-0.15, -0.1) is 0 Å². The maximum Gasteiger partial charge on any atom is 0.228 e. The van der Waals surface area contributed by atoms with Crippen molar-refractivity contribution >= 4 is 23.2 Å². The molecule has 1 saturated heterocycles. The zero-order chi connectivity index (χ0) is 31.7. The summed E-state index contributed by atoms with van der Waals surface area (Å²) in [6.45, 7) is 3.41. The van der Waals surface area contributed by atoms with Gasteiger partial charge in [0.15, 0.2) is 0 Å². The van der Waals surface area contributed by atoms with Crippen LogP contribution in [0.3, 0.4) is 0 Å². The second-order valence-electron chi connectivity index (χ2n) is 12.5. The third-order valence-corrected chi connectivity index (χ3v) is 9.14. The van der Waals surface area contributed by atoms with Crippen LogP contribution in [-0.2, 0) is 33.7 Å². The molecule has 46 heavy (non-hydrogen) atoms. The van der Waals surface area contributed by atoms with Gasteiger partial charge in [0.05, 0.1) is 37.4 Å².